The summed E-state index contributed by atoms with van der Waals surface area (Å²) in [6.07, 6.45) is 1.45. The van der Waals surface area contributed by atoms with Crippen LogP contribution in [-0.4, -0.2) is 32.3 Å². The van der Waals surface area contributed by atoms with E-state index in [1.807, 2.05) is 25.1 Å². The van der Waals surface area contributed by atoms with Crippen LogP contribution in [0.3, 0.4) is 0 Å². The molecule has 1 aromatic rings. The first kappa shape index (κ1) is 13.9. The molecule has 1 heterocycles. The quantitative estimate of drug-likeness (QED) is 0.630. The molecule has 1 aliphatic heterocycles. The Balaban J connectivity index is 1.77. The first-order valence-corrected chi connectivity index (χ1v) is 6.89. The summed E-state index contributed by atoms with van der Waals surface area (Å²) in [5.74, 6) is 1.32. The van der Waals surface area contributed by atoms with Crippen LogP contribution in [0.4, 0.5) is 0 Å². The Bertz CT molecular complexity index is 420. The van der Waals surface area contributed by atoms with Gasteiger partial charge >= 0.3 is 5.97 Å². The number of ether oxygens (including phenoxy) is 2. The normalized spacial score (nSPS) is 17.4. The lowest BCUT2D eigenvalue weighted by molar-refractivity contribution is -0.142. The van der Waals surface area contributed by atoms with Crippen molar-refractivity contribution < 1.29 is 14.3 Å². The van der Waals surface area contributed by atoms with Gasteiger partial charge in [-0.3, -0.25) is 4.79 Å². The molecule has 104 valence electrons. The molecule has 2 rings (SSSR count). The number of fused-ring (bicyclic) bond motifs is 1. The number of benzene rings is 1. The van der Waals surface area contributed by atoms with Crippen LogP contribution in [0.25, 0.3) is 0 Å². The molecule has 0 amide bonds. The third-order valence-electron chi connectivity index (χ3n) is 3.28. The first-order valence-electron chi connectivity index (χ1n) is 6.89. The second-order valence-corrected chi connectivity index (χ2v) is 4.63. The fourth-order valence-corrected chi connectivity index (χ4v) is 2.33. The predicted molar refractivity (Wildman–Crippen MR) is 73.4 cm³/mol. The zero-order valence-corrected chi connectivity index (χ0v) is 11.4. The summed E-state index contributed by atoms with van der Waals surface area (Å²) in [5.41, 5.74) is 1.26. The van der Waals surface area contributed by atoms with Gasteiger partial charge in [-0.15, -0.1) is 0 Å². The van der Waals surface area contributed by atoms with E-state index in [1.54, 1.807) is 0 Å². The minimum absolute atomic E-state index is 0.137. The van der Waals surface area contributed by atoms with Crippen molar-refractivity contribution in [2.75, 3.05) is 26.3 Å². The van der Waals surface area contributed by atoms with Gasteiger partial charge in [0, 0.05) is 19.0 Å². The molecule has 0 aromatic heterocycles. The fraction of sp³-hybridized carbons (Fsp3) is 0.533. The van der Waals surface area contributed by atoms with E-state index in [0.717, 1.165) is 25.3 Å². The maximum atomic E-state index is 11.2. The molecule has 19 heavy (non-hydrogen) atoms. The average molecular weight is 263 g/mol. The van der Waals surface area contributed by atoms with Crippen molar-refractivity contribution in [3.8, 4) is 5.75 Å². The molecule has 0 fully saturated rings. The third kappa shape index (κ3) is 3.96. The number of nitrogens with one attached hydrogen (secondary N) is 1. The molecule has 1 atom stereocenters. The Morgan fingerprint density at radius 1 is 1.47 bits per heavy atom. The Morgan fingerprint density at radius 2 is 2.32 bits per heavy atom. The van der Waals surface area contributed by atoms with E-state index >= 15 is 0 Å². The molecule has 0 spiro atoms. The van der Waals surface area contributed by atoms with E-state index in [9.17, 15) is 4.79 Å². The highest BCUT2D eigenvalue weighted by molar-refractivity contribution is 5.69. The molecular weight excluding hydrogens is 242 g/mol. The topological polar surface area (TPSA) is 47.6 Å². The van der Waals surface area contributed by atoms with Crippen molar-refractivity contribution in [1.29, 1.82) is 0 Å². The van der Waals surface area contributed by atoms with Crippen LogP contribution >= 0.6 is 0 Å². The molecule has 1 aromatic carbocycles. The average Bonchev–Trinajstić information content (AvgIpc) is 2.44. The first-order chi connectivity index (χ1) is 9.31. The number of rotatable bonds is 6. The van der Waals surface area contributed by atoms with Gasteiger partial charge in [0.25, 0.3) is 0 Å². The van der Waals surface area contributed by atoms with Gasteiger partial charge in [-0.25, -0.2) is 0 Å². The number of carbonyl (C=O) groups is 1. The molecule has 1 unspecified atom stereocenters. The number of para-hydroxylation sites is 1. The van der Waals surface area contributed by atoms with Crippen LogP contribution in [0.1, 0.15) is 31.2 Å². The highest BCUT2D eigenvalue weighted by Crippen LogP contribution is 2.32. The number of esters is 1. The zero-order valence-electron chi connectivity index (χ0n) is 11.4. The summed E-state index contributed by atoms with van der Waals surface area (Å²) < 4.78 is 10.5. The van der Waals surface area contributed by atoms with Crippen molar-refractivity contribution in [3.05, 3.63) is 29.8 Å². The lowest BCUT2D eigenvalue weighted by atomic mass is 9.93. The maximum absolute atomic E-state index is 11.2. The van der Waals surface area contributed by atoms with Crippen molar-refractivity contribution in [2.24, 2.45) is 0 Å². The van der Waals surface area contributed by atoms with Crippen LogP contribution < -0.4 is 10.1 Å². The van der Waals surface area contributed by atoms with Gasteiger partial charge in [0.15, 0.2) is 0 Å². The third-order valence-corrected chi connectivity index (χ3v) is 3.28. The smallest absolute Gasteiger partial charge is 0.307 e. The SMILES string of the molecule is CCOC(=O)CCNCC1CCOc2ccccc21. The van der Waals surface area contributed by atoms with Gasteiger partial charge in [0.1, 0.15) is 5.75 Å². The van der Waals surface area contributed by atoms with Gasteiger partial charge in [-0.1, -0.05) is 18.2 Å². The van der Waals surface area contributed by atoms with E-state index < -0.39 is 0 Å². The van der Waals surface area contributed by atoms with E-state index in [2.05, 4.69) is 11.4 Å². The second-order valence-electron chi connectivity index (χ2n) is 4.63. The number of hydrogen-bond donors (Lipinski definition) is 1. The van der Waals surface area contributed by atoms with Crippen LogP contribution in [0.5, 0.6) is 5.75 Å². The lowest BCUT2D eigenvalue weighted by Crippen LogP contribution is -2.27. The van der Waals surface area contributed by atoms with Crippen molar-refractivity contribution in [1.82, 2.24) is 5.32 Å². The van der Waals surface area contributed by atoms with E-state index in [1.165, 1.54) is 5.56 Å². The molecule has 0 bridgehead atoms. The van der Waals surface area contributed by atoms with E-state index in [4.69, 9.17) is 9.47 Å². The van der Waals surface area contributed by atoms with Crippen molar-refractivity contribution in [3.63, 3.8) is 0 Å². The highest BCUT2D eigenvalue weighted by atomic mass is 16.5. The maximum Gasteiger partial charge on any atom is 0.307 e. The summed E-state index contributed by atoms with van der Waals surface area (Å²) in [7, 11) is 0. The van der Waals surface area contributed by atoms with Gasteiger partial charge in [0.05, 0.1) is 19.6 Å². The Kier molecular flexibility index (Phi) is 5.21. The molecule has 4 heteroatoms. The molecule has 0 saturated heterocycles. The molecular formula is C15H21NO3. The zero-order chi connectivity index (χ0) is 13.5. The predicted octanol–water partition coefficient (Wildman–Crippen LogP) is 2.10. The summed E-state index contributed by atoms with van der Waals surface area (Å²) in [6.45, 7) is 4.58. The molecule has 0 radical (unpaired) electrons. The summed E-state index contributed by atoms with van der Waals surface area (Å²) >= 11 is 0. The van der Waals surface area contributed by atoms with Crippen LogP contribution in [-0.2, 0) is 9.53 Å². The largest absolute Gasteiger partial charge is 0.493 e. The second kappa shape index (κ2) is 7.14. The van der Waals surface area contributed by atoms with Crippen LogP contribution in [0, 0.1) is 0 Å². The molecule has 0 saturated carbocycles. The summed E-state index contributed by atoms with van der Waals surface area (Å²) in [6, 6.07) is 8.17. The Hall–Kier alpha value is -1.55. The van der Waals surface area contributed by atoms with Gasteiger partial charge in [-0.2, -0.15) is 0 Å². The summed E-state index contributed by atoms with van der Waals surface area (Å²) in [5, 5.41) is 3.33. The van der Waals surface area contributed by atoms with Crippen LogP contribution in [0.2, 0.25) is 0 Å². The molecule has 4 nitrogen and oxygen atoms in total. The van der Waals surface area contributed by atoms with E-state index in [-0.39, 0.29) is 5.97 Å². The highest BCUT2D eigenvalue weighted by Gasteiger charge is 2.20. The number of hydrogen-bond acceptors (Lipinski definition) is 4. The molecule has 1 N–H and O–H groups in total. The Morgan fingerprint density at radius 3 is 3.16 bits per heavy atom. The standard InChI is InChI=1S/C15H21NO3/c1-2-18-15(17)7-9-16-11-12-8-10-19-14-6-4-3-5-13(12)14/h3-6,12,16H,2,7-11H2,1H3. The van der Waals surface area contributed by atoms with Gasteiger partial charge in [0.2, 0.25) is 0 Å². The van der Waals surface area contributed by atoms with Crippen molar-refractivity contribution >= 4 is 5.97 Å². The van der Waals surface area contributed by atoms with E-state index in [0.29, 0.717) is 25.5 Å². The molecule has 1 aliphatic rings. The van der Waals surface area contributed by atoms with Gasteiger partial charge < -0.3 is 14.8 Å². The monoisotopic (exact) mass is 263 g/mol. The van der Waals surface area contributed by atoms with Crippen LogP contribution in [0.15, 0.2) is 24.3 Å². The lowest BCUT2D eigenvalue weighted by Gasteiger charge is -2.26. The minimum atomic E-state index is -0.137. The van der Waals surface area contributed by atoms with Gasteiger partial charge in [-0.05, 0) is 25.0 Å². The fourth-order valence-electron chi connectivity index (χ4n) is 2.33. The summed E-state index contributed by atoms with van der Waals surface area (Å²) in [4.78, 5) is 11.2. The molecule has 0 aliphatic carbocycles. The Labute approximate surface area is 114 Å². The number of carbonyl (C=O) groups excluding carboxylic acids is 1. The van der Waals surface area contributed by atoms with Crippen molar-refractivity contribution in [2.45, 2.75) is 25.7 Å². The minimum Gasteiger partial charge on any atom is -0.493 e.